The van der Waals surface area contributed by atoms with Crippen molar-refractivity contribution < 1.29 is 0 Å². The molecular formula is C35H48N4S. The van der Waals surface area contributed by atoms with Crippen LogP contribution in [0.4, 0.5) is 16.5 Å². The molecule has 0 atom stereocenters. The maximum Gasteiger partial charge on any atom is 0.186 e. The van der Waals surface area contributed by atoms with Crippen LogP contribution in [0.15, 0.2) is 48.5 Å². The van der Waals surface area contributed by atoms with Crippen molar-refractivity contribution in [2.75, 3.05) is 54.0 Å². The van der Waals surface area contributed by atoms with Crippen LogP contribution in [0.1, 0.15) is 80.8 Å². The fourth-order valence-electron chi connectivity index (χ4n) is 6.06. The molecule has 40 heavy (non-hydrogen) atoms. The van der Waals surface area contributed by atoms with Crippen molar-refractivity contribution in [2.45, 2.75) is 68.2 Å². The number of thiazole rings is 1. The summed E-state index contributed by atoms with van der Waals surface area (Å²) >= 11 is 1.82. The Bertz CT molecular complexity index is 1370. The quantitative estimate of drug-likeness (QED) is 0.162. The summed E-state index contributed by atoms with van der Waals surface area (Å²) in [6, 6.07) is 18.9. The Morgan fingerprint density at radius 3 is 1.45 bits per heavy atom. The number of rotatable bonds is 12. The van der Waals surface area contributed by atoms with E-state index in [1.807, 2.05) is 11.3 Å². The molecule has 0 bridgehead atoms. The average Bonchev–Trinajstić information content (AvgIpc) is 3.35. The summed E-state index contributed by atoms with van der Waals surface area (Å²) in [7, 11) is 0. The molecule has 0 aliphatic rings. The predicted molar refractivity (Wildman–Crippen MR) is 178 cm³/mol. The number of aromatic nitrogens is 1. The van der Waals surface area contributed by atoms with Gasteiger partial charge in [-0.3, -0.25) is 0 Å². The zero-order valence-electron chi connectivity index (χ0n) is 26.1. The third-order valence-electron chi connectivity index (χ3n) is 8.50. The Morgan fingerprint density at radius 2 is 1.02 bits per heavy atom. The van der Waals surface area contributed by atoms with E-state index in [1.54, 1.807) is 0 Å². The lowest BCUT2D eigenvalue weighted by Crippen LogP contribution is -2.22. The van der Waals surface area contributed by atoms with Gasteiger partial charge in [-0.2, -0.15) is 0 Å². The average molecular weight is 557 g/mol. The molecule has 4 nitrogen and oxygen atoms in total. The Labute approximate surface area is 246 Å². The molecule has 5 heteroatoms. The van der Waals surface area contributed by atoms with E-state index in [9.17, 15) is 0 Å². The van der Waals surface area contributed by atoms with E-state index in [1.165, 1.54) is 49.5 Å². The molecule has 0 saturated heterocycles. The summed E-state index contributed by atoms with van der Waals surface area (Å²) in [6.07, 6.45) is 0. The summed E-state index contributed by atoms with van der Waals surface area (Å²) < 4.78 is 1.27. The van der Waals surface area contributed by atoms with E-state index in [-0.39, 0.29) is 5.92 Å². The molecular weight excluding hydrogens is 508 g/mol. The number of hydrogen-bond donors (Lipinski definition) is 0. The lowest BCUT2D eigenvalue weighted by molar-refractivity contribution is 0.859. The van der Waals surface area contributed by atoms with Gasteiger partial charge in [-0.05, 0) is 132 Å². The van der Waals surface area contributed by atoms with Gasteiger partial charge in [0.15, 0.2) is 5.13 Å². The summed E-state index contributed by atoms with van der Waals surface area (Å²) in [5.74, 6) is 0.153. The highest BCUT2D eigenvalue weighted by Crippen LogP contribution is 2.41. The van der Waals surface area contributed by atoms with Crippen molar-refractivity contribution >= 4 is 38.1 Å². The lowest BCUT2D eigenvalue weighted by Gasteiger charge is -2.28. The lowest BCUT2D eigenvalue weighted by atomic mass is 9.79. The molecule has 0 saturated carbocycles. The van der Waals surface area contributed by atoms with E-state index in [4.69, 9.17) is 4.98 Å². The van der Waals surface area contributed by atoms with Crippen LogP contribution in [0.3, 0.4) is 0 Å². The number of fused-ring (bicyclic) bond motifs is 1. The normalized spacial score (nSPS) is 11.4. The zero-order chi connectivity index (χ0) is 29.0. The van der Waals surface area contributed by atoms with Crippen LogP contribution in [0.25, 0.3) is 10.2 Å². The van der Waals surface area contributed by atoms with Gasteiger partial charge in [-0.15, -0.1) is 0 Å². The van der Waals surface area contributed by atoms with Gasteiger partial charge in [0, 0.05) is 56.6 Å². The van der Waals surface area contributed by atoms with Gasteiger partial charge in [-0.25, -0.2) is 4.98 Å². The SMILES string of the molecule is CCN(CC)c1ccc(C(c2ccc(N(CC)CC)cc2C)c2cc3sc(N(CC)CC)nc3cc2C)c(C)c1. The number of anilines is 3. The first kappa shape index (κ1) is 29.9. The fraction of sp³-hybridized carbons (Fsp3) is 0.457. The van der Waals surface area contributed by atoms with E-state index < -0.39 is 0 Å². The molecule has 0 N–H and O–H groups in total. The van der Waals surface area contributed by atoms with Gasteiger partial charge in [-0.1, -0.05) is 23.5 Å². The smallest absolute Gasteiger partial charge is 0.186 e. The Balaban J connectivity index is 1.92. The molecule has 4 aromatic rings. The number of nitrogens with zero attached hydrogens (tertiary/aromatic N) is 4. The number of benzene rings is 3. The van der Waals surface area contributed by atoms with E-state index in [2.05, 4.69) is 126 Å². The van der Waals surface area contributed by atoms with E-state index in [0.717, 1.165) is 49.9 Å². The second-order valence-corrected chi connectivity index (χ2v) is 11.7. The van der Waals surface area contributed by atoms with Crippen molar-refractivity contribution in [1.29, 1.82) is 0 Å². The van der Waals surface area contributed by atoms with Crippen LogP contribution < -0.4 is 14.7 Å². The van der Waals surface area contributed by atoms with E-state index in [0.29, 0.717) is 0 Å². The summed E-state index contributed by atoms with van der Waals surface area (Å²) in [5.41, 5.74) is 11.8. The predicted octanol–water partition coefficient (Wildman–Crippen LogP) is 8.94. The van der Waals surface area contributed by atoms with Crippen LogP contribution in [0, 0.1) is 20.8 Å². The van der Waals surface area contributed by atoms with Crippen molar-refractivity contribution in [3.05, 3.63) is 81.9 Å². The molecule has 1 aromatic heterocycles. The van der Waals surface area contributed by atoms with Crippen molar-refractivity contribution in [3.63, 3.8) is 0 Å². The molecule has 0 radical (unpaired) electrons. The third-order valence-corrected chi connectivity index (χ3v) is 9.57. The summed E-state index contributed by atoms with van der Waals surface area (Å²) in [4.78, 5) is 12.2. The summed E-state index contributed by atoms with van der Waals surface area (Å²) in [6.45, 7) is 26.2. The van der Waals surface area contributed by atoms with Crippen LogP contribution in [0.5, 0.6) is 0 Å². The Kier molecular flexibility index (Phi) is 9.78. The number of hydrogen-bond acceptors (Lipinski definition) is 5. The number of aryl methyl sites for hydroxylation is 3. The summed E-state index contributed by atoms with van der Waals surface area (Å²) in [5, 5.41) is 1.12. The van der Waals surface area contributed by atoms with Gasteiger partial charge in [0.1, 0.15) is 0 Å². The van der Waals surface area contributed by atoms with Crippen LogP contribution >= 0.6 is 11.3 Å². The first-order valence-electron chi connectivity index (χ1n) is 15.2. The Hall–Kier alpha value is -3.05. The van der Waals surface area contributed by atoms with Gasteiger partial charge in [0.2, 0.25) is 0 Å². The topological polar surface area (TPSA) is 22.6 Å². The van der Waals surface area contributed by atoms with Gasteiger partial charge >= 0.3 is 0 Å². The van der Waals surface area contributed by atoms with Gasteiger partial charge < -0.3 is 14.7 Å². The van der Waals surface area contributed by atoms with Crippen molar-refractivity contribution in [1.82, 2.24) is 4.98 Å². The maximum atomic E-state index is 5.03. The fourth-order valence-corrected chi connectivity index (χ4v) is 7.19. The highest BCUT2D eigenvalue weighted by molar-refractivity contribution is 7.22. The zero-order valence-corrected chi connectivity index (χ0v) is 27.0. The highest BCUT2D eigenvalue weighted by Gasteiger charge is 2.25. The minimum Gasteiger partial charge on any atom is -0.372 e. The third kappa shape index (κ3) is 5.85. The van der Waals surface area contributed by atoms with Crippen molar-refractivity contribution in [2.24, 2.45) is 0 Å². The monoisotopic (exact) mass is 556 g/mol. The molecule has 4 rings (SSSR count). The van der Waals surface area contributed by atoms with Gasteiger partial charge in [0.25, 0.3) is 0 Å². The second kappa shape index (κ2) is 13.1. The molecule has 1 heterocycles. The first-order chi connectivity index (χ1) is 19.3. The van der Waals surface area contributed by atoms with Crippen LogP contribution in [-0.4, -0.2) is 44.3 Å². The molecule has 0 fully saturated rings. The first-order valence-corrected chi connectivity index (χ1v) is 16.0. The van der Waals surface area contributed by atoms with Crippen molar-refractivity contribution in [3.8, 4) is 0 Å². The molecule has 214 valence electrons. The molecule has 3 aromatic carbocycles. The van der Waals surface area contributed by atoms with E-state index >= 15 is 0 Å². The highest BCUT2D eigenvalue weighted by atomic mass is 32.1. The minimum atomic E-state index is 0.153. The molecule has 0 unspecified atom stereocenters. The second-order valence-electron chi connectivity index (χ2n) is 10.7. The minimum absolute atomic E-state index is 0.153. The Morgan fingerprint density at radius 1 is 0.575 bits per heavy atom. The molecule has 0 aliphatic carbocycles. The molecule has 0 amide bonds. The standard InChI is InChI=1S/C35H48N4S/c1-10-37(11-2)27-16-18-29(24(7)20-27)34(30-19-17-28(21-25(30)8)38(12-3)13-4)31-23-33-32(22-26(31)9)36-35(40-33)39(14-5)15-6/h16-23,34H,10-15H2,1-9H3. The largest absolute Gasteiger partial charge is 0.372 e. The maximum absolute atomic E-state index is 5.03. The van der Waals surface area contributed by atoms with Crippen LogP contribution in [-0.2, 0) is 0 Å². The van der Waals surface area contributed by atoms with Gasteiger partial charge in [0.05, 0.1) is 10.2 Å². The molecule has 0 aliphatic heterocycles. The molecule has 0 spiro atoms. The van der Waals surface area contributed by atoms with Crippen LogP contribution in [0.2, 0.25) is 0 Å².